The molecule has 0 aliphatic carbocycles. The quantitative estimate of drug-likeness (QED) is 0.577. The van der Waals surface area contributed by atoms with Crippen LogP contribution in [0.15, 0.2) is 12.1 Å². The third-order valence-corrected chi connectivity index (χ3v) is 1.98. The number of anilines is 1. The van der Waals surface area contributed by atoms with E-state index in [4.69, 9.17) is 15.9 Å². The number of aliphatic hydroxyl groups is 2. The van der Waals surface area contributed by atoms with Crippen molar-refractivity contribution in [2.75, 3.05) is 18.9 Å². The molecule has 1 aromatic rings. The topological polar surface area (TPSA) is 66.5 Å². The van der Waals surface area contributed by atoms with E-state index in [-0.39, 0.29) is 13.2 Å². The number of benzene rings is 1. The van der Waals surface area contributed by atoms with Crippen molar-refractivity contribution < 1.29 is 10.2 Å². The van der Waals surface area contributed by atoms with Crippen LogP contribution < -0.4 is 5.73 Å². The van der Waals surface area contributed by atoms with Gasteiger partial charge in [0.25, 0.3) is 0 Å². The van der Waals surface area contributed by atoms with Gasteiger partial charge in [-0.05, 0) is 24.0 Å². The van der Waals surface area contributed by atoms with Crippen LogP contribution in [0, 0.1) is 6.07 Å². The van der Waals surface area contributed by atoms with Crippen molar-refractivity contribution in [1.82, 2.24) is 0 Å². The normalized spacial score (nSPS) is 10.3. The minimum Gasteiger partial charge on any atom is -0.398 e. The summed E-state index contributed by atoms with van der Waals surface area (Å²) in [7, 11) is 0. The molecule has 0 fully saturated rings. The molecule has 0 bridgehead atoms. The number of hydrogen-bond donors (Lipinski definition) is 3. The van der Waals surface area contributed by atoms with Gasteiger partial charge in [-0.2, -0.15) is 0 Å². The lowest BCUT2D eigenvalue weighted by Gasteiger charge is -2.09. The first-order valence-electron chi connectivity index (χ1n) is 4.29. The summed E-state index contributed by atoms with van der Waals surface area (Å²) in [6, 6.07) is 6.48. The van der Waals surface area contributed by atoms with Crippen LogP contribution in [0.5, 0.6) is 0 Å². The van der Waals surface area contributed by atoms with Crippen LogP contribution in [0.1, 0.15) is 11.1 Å². The minimum absolute atomic E-state index is 0.0699. The lowest BCUT2D eigenvalue weighted by molar-refractivity contribution is 0.293. The van der Waals surface area contributed by atoms with E-state index in [1.54, 1.807) is 6.07 Å². The summed E-state index contributed by atoms with van der Waals surface area (Å²) in [5, 5.41) is 17.6. The van der Waals surface area contributed by atoms with Gasteiger partial charge >= 0.3 is 0 Å². The molecule has 4 N–H and O–H groups in total. The maximum absolute atomic E-state index is 8.80. The second kappa shape index (κ2) is 4.84. The van der Waals surface area contributed by atoms with Crippen molar-refractivity contribution >= 4 is 5.69 Å². The minimum atomic E-state index is 0.0699. The van der Waals surface area contributed by atoms with E-state index in [0.29, 0.717) is 18.5 Å². The molecule has 1 rings (SSSR count). The number of nitrogens with two attached hydrogens (primary N) is 1. The van der Waals surface area contributed by atoms with Crippen LogP contribution in [0.3, 0.4) is 0 Å². The van der Waals surface area contributed by atoms with Crippen LogP contribution in [-0.4, -0.2) is 23.4 Å². The van der Waals surface area contributed by atoms with Crippen molar-refractivity contribution in [1.29, 1.82) is 0 Å². The van der Waals surface area contributed by atoms with Gasteiger partial charge < -0.3 is 15.9 Å². The SMILES string of the molecule is Nc1[c]ccc(CCO)c1CCO. The van der Waals surface area contributed by atoms with E-state index < -0.39 is 0 Å². The molecule has 0 atom stereocenters. The van der Waals surface area contributed by atoms with Gasteiger partial charge in [-0.3, -0.25) is 0 Å². The maximum Gasteiger partial charge on any atom is 0.0472 e. The van der Waals surface area contributed by atoms with Crippen molar-refractivity contribution in [3.05, 3.63) is 29.3 Å². The summed E-state index contributed by atoms with van der Waals surface area (Å²) in [6.45, 7) is 0.169. The van der Waals surface area contributed by atoms with Crippen molar-refractivity contribution in [2.45, 2.75) is 12.8 Å². The Balaban J connectivity index is 2.95. The van der Waals surface area contributed by atoms with Gasteiger partial charge in [0.1, 0.15) is 0 Å². The monoisotopic (exact) mass is 180 g/mol. The van der Waals surface area contributed by atoms with E-state index in [9.17, 15) is 0 Å². The van der Waals surface area contributed by atoms with Crippen LogP contribution >= 0.6 is 0 Å². The fraction of sp³-hybridized carbons (Fsp3) is 0.400. The molecule has 13 heavy (non-hydrogen) atoms. The Labute approximate surface area is 77.8 Å². The molecule has 0 aliphatic heterocycles. The first kappa shape index (κ1) is 10.0. The van der Waals surface area contributed by atoms with Crippen LogP contribution in [-0.2, 0) is 12.8 Å². The smallest absolute Gasteiger partial charge is 0.0472 e. The van der Waals surface area contributed by atoms with Gasteiger partial charge in [0, 0.05) is 25.0 Å². The average molecular weight is 180 g/mol. The molecule has 0 aliphatic rings. The molecule has 0 spiro atoms. The molecule has 0 heterocycles. The second-order valence-electron chi connectivity index (χ2n) is 2.84. The zero-order chi connectivity index (χ0) is 9.68. The highest BCUT2D eigenvalue weighted by molar-refractivity contribution is 5.50. The summed E-state index contributed by atoms with van der Waals surface area (Å²) in [4.78, 5) is 0. The molecule has 0 amide bonds. The standard InChI is InChI=1S/C10H14NO2/c11-10-3-1-2-8(4-6-12)9(10)5-7-13/h1-2,12-13H,4-7,11H2. The van der Waals surface area contributed by atoms with E-state index >= 15 is 0 Å². The summed E-state index contributed by atoms with van der Waals surface area (Å²) in [5.41, 5.74) is 8.15. The predicted octanol–water partition coefficient (Wildman–Crippen LogP) is 0.139. The summed E-state index contributed by atoms with van der Waals surface area (Å²) in [5.74, 6) is 0. The van der Waals surface area contributed by atoms with E-state index in [2.05, 4.69) is 6.07 Å². The first-order chi connectivity index (χ1) is 6.29. The van der Waals surface area contributed by atoms with Crippen LogP contribution in [0.2, 0.25) is 0 Å². The molecular weight excluding hydrogens is 166 g/mol. The highest BCUT2D eigenvalue weighted by atomic mass is 16.3. The molecule has 0 aromatic heterocycles. The fourth-order valence-corrected chi connectivity index (χ4v) is 1.35. The number of hydrogen-bond acceptors (Lipinski definition) is 3. The fourth-order valence-electron chi connectivity index (χ4n) is 1.35. The number of rotatable bonds is 4. The largest absolute Gasteiger partial charge is 0.398 e. The Morgan fingerprint density at radius 3 is 2.54 bits per heavy atom. The van der Waals surface area contributed by atoms with Crippen molar-refractivity contribution in [3.8, 4) is 0 Å². The van der Waals surface area contributed by atoms with Gasteiger partial charge in [-0.25, -0.2) is 0 Å². The zero-order valence-corrected chi connectivity index (χ0v) is 7.45. The molecule has 71 valence electrons. The number of aliphatic hydroxyl groups excluding tert-OH is 2. The second-order valence-corrected chi connectivity index (χ2v) is 2.84. The molecule has 3 heteroatoms. The Morgan fingerprint density at radius 2 is 1.92 bits per heavy atom. The van der Waals surface area contributed by atoms with Gasteiger partial charge in [-0.1, -0.05) is 12.1 Å². The summed E-state index contributed by atoms with van der Waals surface area (Å²) in [6.07, 6.45) is 1.10. The van der Waals surface area contributed by atoms with E-state index in [1.807, 2.05) is 6.07 Å². The highest BCUT2D eigenvalue weighted by Crippen LogP contribution is 2.17. The third kappa shape index (κ3) is 2.44. The van der Waals surface area contributed by atoms with Gasteiger partial charge in [0.15, 0.2) is 0 Å². The average Bonchev–Trinajstić information content (AvgIpc) is 2.11. The molecule has 1 aromatic carbocycles. The van der Waals surface area contributed by atoms with Crippen molar-refractivity contribution in [3.63, 3.8) is 0 Å². The van der Waals surface area contributed by atoms with Crippen LogP contribution in [0.25, 0.3) is 0 Å². The van der Waals surface area contributed by atoms with Gasteiger partial charge in [0.05, 0.1) is 0 Å². The zero-order valence-electron chi connectivity index (χ0n) is 7.45. The molecule has 0 saturated carbocycles. The Kier molecular flexibility index (Phi) is 3.73. The summed E-state index contributed by atoms with van der Waals surface area (Å²) >= 11 is 0. The van der Waals surface area contributed by atoms with E-state index in [1.165, 1.54) is 0 Å². The lowest BCUT2D eigenvalue weighted by Crippen LogP contribution is -2.04. The third-order valence-electron chi connectivity index (χ3n) is 1.98. The van der Waals surface area contributed by atoms with Crippen molar-refractivity contribution in [2.24, 2.45) is 0 Å². The molecule has 0 unspecified atom stereocenters. The van der Waals surface area contributed by atoms with Crippen LogP contribution in [0.4, 0.5) is 5.69 Å². The predicted molar refractivity (Wildman–Crippen MR) is 51.3 cm³/mol. The number of nitrogen functional groups attached to an aromatic ring is 1. The Hall–Kier alpha value is -1.06. The molecule has 1 radical (unpaired) electrons. The van der Waals surface area contributed by atoms with Gasteiger partial charge in [-0.15, -0.1) is 0 Å². The molecule has 0 saturated heterocycles. The first-order valence-corrected chi connectivity index (χ1v) is 4.29. The maximum atomic E-state index is 8.80. The highest BCUT2D eigenvalue weighted by Gasteiger charge is 2.04. The molecule has 3 nitrogen and oxygen atoms in total. The Bertz CT molecular complexity index is 274. The van der Waals surface area contributed by atoms with Gasteiger partial charge in [0.2, 0.25) is 0 Å². The lowest BCUT2D eigenvalue weighted by atomic mass is 10.0. The molecular formula is C10H14NO2. The summed E-state index contributed by atoms with van der Waals surface area (Å²) < 4.78 is 0. The van der Waals surface area contributed by atoms with E-state index in [0.717, 1.165) is 11.1 Å². The Morgan fingerprint density at radius 1 is 1.23 bits per heavy atom.